The topological polar surface area (TPSA) is 0 Å². The summed E-state index contributed by atoms with van der Waals surface area (Å²) in [4.78, 5) is 0. The standard InChI is InChI=1S/C12H20/c1-9-7-8-10(2)12-6-4-3-5-11(9)12/h10-12H,1,3-8H2,2H3. The first-order chi connectivity index (χ1) is 5.79. The molecule has 0 aromatic rings. The molecule has 0 radical (unpaired) electrons. The minimum absolute atomic E-state index is 0.905. The Balaban J connectivity index is 2.11. The molecule has 0 saturated heterocycles. The molecule has 0 heteroatoms. The molecule has 2 aliphatic carbocycles. The normalized spacial score (nSPS) is 42.4. The van der Waals surface area contributed by atoms with Crippen molar-refractivity contribution in [2.24, 2.45) is 17.8 Å². The molecule has 2 fully saturated rings. The highest BCUT2D eigenvalue weighted by atomic mass is 14.4. The van der Waals surface area contributed by atoms with Crippen molar-refractivity contribution >= 4 is 0 Å². The van der Waals surface area contributed by atoms with Crippen LogP contribution in [0.25, 0.3) is 0 Å². The van der Waals surface area contributed by atoms with Gasteiger partial charge in [0.1, 0.15) is 0 Å². The lowest BCUT2D eigenvalue weighted by Crippen LogP contribution is -2.30. The summed E-state index contributed by atoms with van der Waals surface area (Å²) in [5.41, 5.74) is 1.57. The van der Waals surface area contributed by atoms with Crippen molar-refractivity contribution < 1.29 is 0 Å². The zero-order valence-electron chi connectivity index (χ0n) is 8.18. The van der Waals surface area contributed by atoms with Crippen molar-refractivity contribution in [1.29, 1.82) is 0 Å². The molecule has 68 valence electrons. The van der Waals surface area contributed by atoms with Crippen LogP contribution in [-0.4, -0.2) is 0 Å². The van der Waals surface area contributed by atoms with Crippen LogP contribution in [0.5, 0.6) is 0 Å². The maximum atomic E-state index is 4.23. The Kier molecular flexibility index (Phi) is 2.25. The highest BCUT2D eigenvalue weighted by molar-refractivity contribution is 5.08. The Labute approximate surface area is 76.1 Å². The Morgan fingerprint density at radius 3 is 2.67 bits per heavy atom. The molecule has 2 rings (SSSR count). The van der Waals surface area contributed by atoms with Gasteiger partial charge in [0.15, 0.2) is 0 Å². The quantitative estimate of drug-likeness (QED) is 0.478. The lowest BCUT2D eigenvalue weighted by Gasteiger charge is -2.41. The Morgan fingerprint density at radius 2 is 1.92 bits per heavy atom. The maximum Gasteiger partial charge on any atom is -0.0175 e. The third kappa shape index (κ3) is 1.32. The lowest BCUT2D eigenvalue weighted by molar-refractivity contribution is 0.159. The molecule has 2 saturated carbocycles. The molecular weight excluding hydrogens is 144 g/mol. The average molecular weight is 164 g/mol. The molecule has 0 bridgehead atoms. The molecule has 3 unspecified atom stereocenters. The highest BCUT2D eigenvalue weighted by Crippen LogP contribution is 2.45. The summed E-state index contributed by atoms with van der Waals surface area (Å²) < 4.78 is 0. The zero-order chi connectivity index (χ0) is 8.55. The van der Waals surface area contributed by atoms with Crippen LogP contribution >= 0.6 is 0 Å². The number of rotatable bonds is 0. The minimum Gasteiger partial charge on any atom is -0.0996 e. The van der Waals surface area contributed by atoms with Crippen LogP contribution in [0.15, 0.2) is 12.2 Å². The fourth-order valence-corrected chi connectivity index (χ4v) is 3.16. The SMILES string of the molecule is C=C1CCC(C)C2CCCCC12. The van der Waals surface area contributed by atoms with E-state index in [4.69, 9.17) is 0 Å². The molecule has 0 aromatic carbocycles. The highest BCUT2D eigenvalue weighted by Gasteiger charge is 2.34. The van der Waals surface area contributed by atoms with Gasteiger partial charge in [-0.05, 0) is 43.4 Å². The summed E-state index contributed by atoms with van der Waals surface area (Å²) in [6.07, 6.45) is 8.55. The van der Waals surface area contributed by atoms with Crippen LogP contribution in [0.4, 0.5) is 0 Å². The molecule has 0 aliphatic heterocycles. The van der Waals surface area contributed by atoms with Crippen molar-refractivity contribution in [3.63, 3.8) is 0 Å². The second-order valence-electron chi connectivity index (χ2n) is 4.73. The summed E-state index contributed by atoms with van der Waals surface area (Å²) >= 11 is 0. The van der Waals surface area contributed by atoms with Crippen LogP contribution in [0.3, 0.4) is 0 Å². The van der Waals surface area contributed by atoms with Crippen molar-refractivity contribution in [3.8, 4) is 0 Å². The van der Waals surface area contributed by atoms with Crippen LogP contribution in [0, 0.1) is 17.8 Å². The third-order valence-electron chi connectivity index (χ3n) is 4.00. The van der Waals surface area contributed by atoms with Gasteiger partial charge in [-0.3, -0.25) is 0 Å². The van der Waals surface area contributed by atoms with Crippen LogP contribution in [0.1, 0.15) is 45.4 Å². The van der Waals surface area contributed by atoms with Crippen molar-refractivity contribution in [3.05, 3.63) is 12.2 Å². The van der Waals surface area contributed by atoms with E-state index in [1.807, 2.05) is 0 Å². The lowest BCUT2D eigenvalue weighted by atomic mass is 9.64. The Hall–Kier alpha value is -0.260. The van der Waals surface area contributed by atoms with E-state index >= 15 is 0 Å². The van der Waals surface area contributed by atoms with Crippen molar-refractivity contribution in [2.75, 3.05) is 0 Å². The zero-order valence-corrected chi connectivity index (χ0v) is 8.18. The van der Waals surface area contributed by atoms with Gasteiger partial charge < -0.3 is 0 Å². The fourth-order valence-electron chi connectivity index (χ4n) is 3.16. The van der Waals surface area contributed by atoms with Gasteiger partial charge in [0.25, 0.3) is 0 Å². The second kappa shape index (κ2) is 3.24. The average Bonchev–Trinajstić information content (AvgIpc) is 2.12. The molecule has 0 spiro atoms. The molecular formula is C12H20. The van der Waals surface area contributed by atoms with Crippen molar-refractivity contribution in [2.45, 2.75) is 45.4 Å². The van der Waals surface area contributed by atoms with Crippen LogP contribution < -0.4 is 0 Å². The minimum atomic E-state index is 0.905. The van der Waals surface area contributed by atoms with Gasteiger partial charge in [-0.2, -0.15) is 0 Å². The molecule has 3 atom stereocenters. The fraction of sp³-hybridized carbons (Fsp3) is 0.833. The van der Waals surface area contributed by atoms with Gasteiger partial charge in [-0.25, -0.2) is 0 Å². The van der Waals surface area contributed by atoms with Gasteiger partial charge in [0, 0.05) is 0 Å². The predicted octanol–water partition coefficient (Wildman–Crippen LogP) is 3.78. The summed E-state index contributed by atoms with van der Waals surface area (Å²) in [6.45, 7) is 6.67. The molecule has 0 N–H and O–H groups in total. The molecule has 0 nitrogen and oxygen atoms in total. The first kappa shape index (κ1) is 8.34. The molecule has 0 amide bonds. The van der Waals surface area contributed by atoms with Gasteiger partial charge in [-0.15, -0.1) is 0 Å². The molecule has 0 heterocycles. The van der Waals surface area contributed by atoms with Crippen LogP contribution in [0.2, 0.25) is 0 Å². The number of hydrogen-bond donors (Lipinski definition) is 0. The van der Waals surface area contributed by atoms with E-state index in [-0.39, 0.29) is 0 Å². The van der Waals surface area contributed by atoms with E-state index in [0.717, 1.165) is 17.8 Å². The van der Waals surface area contributed by atoms with Gasteiger partial charge in [-0.1, -0.05) is 31.9 Å². The van der Waals surface area contributed by atoms with Gasteiger partial charge in [0.2, 0.25) is 0 Å². The Bertz CT molecular complexity index is 180. The van der Waals surface area contributed by atoms with E-state index in [1.165, 1.54) is 38.5 Å². The Morgan fingerprint density at radius 1 is 1.17 bits per heavy atom. The summed E-state index contributed by atoms with van der Waals surface area (Å²) in [7, 11) is 0. The van der Waals surface area contributed by atoms with E-state index in [2.05, 4.69) is 13.5 Å². The second-order valence-corrected chi connectivity index (χ2v) is 4.73. The van der Waals surface area contributed by atoms with Crippen molar-refractivity contribution in [1.82, 2.24) is 0 Å². The van der Waals surface area contributed by atoms with Gasteiger partial charge >= 0.3 is 0 Å². The summed E-state index contributed by atoms with van der Waals surface area (Å²) in [6, 6.07) is 0. The molecule has 12 heavy (non-hydrogen) atoms. The maximum absolute atomic E-state index is 4.23. The third-order valence-corrected chi connectivity index (χ3v) is 4.00. The predicted molar refractivity (Wildman–Crippen MR) is 53.0 cm³/mol. The smallest absolute Gasteiger partial charge is 0.0175 e. The van der Waals surface area contributed by atoms with E-state index in [9.17, 15) is 0 Å². The van der Waals surface area contributed by atoms with E-state index in [1.54, 1.807) is 5.57 Å². The first-order valence-corrected chi connectivity index (χ1v) is 5.46. The molecule has 0 aromatic heterocycles. The van der Waals surface area contributed by atoms with E-state index < -0.39 is 0 Å². The summed E-state index contributed by atoms with van der Waals surface area (Å²) in [5, 5.41) is 0. The monoisotopic (exact) mass is 164 g/mol. The largest absolute Gasteiger partial charge is 0.0996 e. The summed E-state index contributed by atoms with van der Waals surface area (Å²) in [5.74, 6) is 2.88. The van der Waals surface area contributed by atoms with Gasteiger partial charge in [0.05, 0.1) is 0 Å². The number of allylic oxidation sites excluding steroid dienone is 1. The van der Waals surface area contributed by atoms with E-state index in [0.29, 0.717) is 0 Å². The van der Waals surface area contributed by atoms with Crippen LogP contribution in [-0.2, 0) is 0 Å². The number of fused-ring (bicyclic) bond motifs is 1. The number of hydrogen-bond acceptors (Lipinski definition) is 0. The first-order valence-electron chi connectivity index (χ1n) is 5.46. The molecule has 2 aliphatic rings.